The molecule has 0 radical (unpaired) electrons. The Bertz CT molecular complexity index is 738. The number of amides is 1. The van der Waals surface area contributed by atoms with Gasteiger partial charge in [0, 0.05) is 55.8 Å². The molecule has 1 aliphatic heterocycles. The van der Waals surface area contributed by atoms with Crippen molar-refractivity contribution in [1.82, 2.24) is 9.80 Å². The van der Waals surface area contributed by atoms with E-state index in [4.69, 9.17) is 0 Å². The van der Waals surface area contributed by atoms with Gasteiger partial charge < -0.3 is 10.2 Å². The Balaban J connectivity index is 1.32. The number of nitrogens with one attached hydrogen (secondary N) is 1. The third-order valence-corrected chi connectivity index (χ3v) is 5.25. The molecule has 3 rings (SSSR count). The Hall–Kier alpha value is -1.95. The standard InChI is InChI=1S/C22H26BrN3O/c23-20-8-10-21(11-9-20)24-22(27)12-14-26-17-15-25(16-18-26)13-4-7-19-5-2-1-3-6-19/h1-11H,12-18H2,(H,24,27)/b7-4-. The minimum atomic E-state index is 0.0746. The maximum absolute atomic E-state index is 12.1. The van der Waals surface area contributed by atoms with Crippen LogP contribution in [0.5, 0.6) is 0 Å². The summed E-state index contributed by atoms with van der Waals surface area (Å²) in [5, 5.41) is 2.95. The van der Waals surface area contributed by atoms with Crippen molar-refractivity contribution in [2.24, 2.45) is 0 Å². The monoisotopic (exact) mass is 427 g/mol. The van der Waals surface area contributed by atoms with Crippen molar-refractivity contribution in [2.75, 3.05) is 44.6 Å². The molecule has 1 aliphatic rings. The first-order valence-corrected chi connectivity index (χ1v) is 10.2. The Morgan fingerprint density at radius 1 is 0.963 bits per heavy atom. The number of hydrogen-bond acceptors (Lipinski definition) is 3. The van der Waals surface area contributed by atoms with Crippen LogP contribution in [0.4, 0.5) is 5.69 Å². The van der Waals surface area contributed by atoms with E-state index in [9.17, 15) is 4.79 Å². The zero-order chi connectivity index (χ0) is 18.9. The second-order valence-electron chi connectivity index (χ2n) is 6.76. The number of benzene rings is 2. The molecule has 0 unspecified atom stereocenters. The van der Waals surface area contributed by atoms with Crippen LogP contribution in [-0.4, -0.2) is 55.0 Å². The van der Waals surface area contributed by atoms with Gasteiger partial charge in [-0.25, -0.2) is 0 Å². The van der Waals surface area contributed by atoms with Gasteiger partial charge in [-0.05, 0) is 29.8 Å². The summed E-state index contributed by atoms with van der Waals surface area (Å²) < 4.78 is 1.01. The molecule has 142 valence electrons. The first-order chi connectivity index (χ1) is 13.2. The number of rotatable bonds is 7. The highest BCUT2D eigenvalue weighted by atomic mass is 79.9. The average Bonchev–Trinajstić information content (AvgIpc) is 2.70. The lowest BCUT2D eigenvalue weighted by molar-refractivity contribution is -0.116. The second kappa shape index (κ2) is 10.4. The predicted molar refractivity (Wildman–Crippen MR) is 116 cm³/mol. The van der Waals surface area contributed by atoms with Crippen LogP contribution in [0.25, 0.3) is 6.08 Å². The summed E-state index contributed by atoms with van der Waals surface area (Å²) in [6.07, 6.45) is 4.94. The van der Waals surface area contributed by atoms with E-state index in [-0.39, 0.29) is 5.91 Å². The SMILES string of the molecule is O=C(CCN1CCN(C/C=C\c2ccccc2)CC1)Nc1ccc(Br)cc1. The molecule has 0 aliphatic carbocycles. The summed E-state index contributed by atoms with van der Waals surface area (Å²) >= 11 is 3.40. The van der Waals surface area contributed by atoms with Crippen molar-refractivity contribution in [3.05, 3.63) is 70.7 Å². The summed E-state index contributed by atoms with van der Waals surface area (Å²) in [6, 6.07) is 18.1. The molecule has 0 atom stereocenters. The predicted octanol–water partition coefficient (Wildman–Crippen LogP) is 4.11. The molecule has 5 heteroatoms. The highest BCUT2D eigenvalue weighted by molar-refractivity contribution is 9.10. The summed E-state index contributed by atoms with van der Waals surface area (Å²) in [7, 11) is 0. The third-order valence-electron chi connectivity index (χ3n) is 4.72. The lowest BCUT2D eigenvalue weighted by atomic mass is 10.2. The van der Waals surface area contributed by atoms with E-state index in [0.29, 0.717) is 6.42 Å². The summed E-state index contributed by atoms with van der Waals surface area (Å²) in [6.45, 7) is 5.93. The van der Waals surface area contributed by atoms with E-state index in [1.165, 1.54) is 5.56 Å². The normalized spacial score (nSPS) is 15.9. The molecule has 2 aromatic rings. The Morgan fingerprint density at radius 3 is 2.33 bits per heavy atom. The first kappa shape index (κ1) is 19.8. The fraction of sp³-hybridized carbons (Fsp3) is 0.318. The molecule has 1 N–H and O–H groups in total. The lowest BCUT2D eigenvalue weighted by Crippen LogP contribution is -2.46. The first-order valence-electron chi connectivity index (χ1n) is 9.41. The van der Waals surface area contributed by atoms with E-state index in [1.807, 2.05) is 30.3 Å². The summed E-state index contributed by atoms with van der Waals surface area (Å²) in [5.74, 6) is 0.0746. The Kier molecular flexibility index (Phi) is 7.63. The molecule has 0 saturated carbocycles. The number of piperazine rings is 1. The summed E-state index contributed by atoms with van der Waals surface area (Å²) in [4.78, 5) is 16.9. The van der Waals surface area contributed by atoms with Crippen LogP contribution in [0.3, 0.4) is 0 Å². The maximum Gasteiger partial charge on any atom is 0.225 e. The highest BCUT2D eigenvalue weighted by Crippen LogP contribution is 2.14. The van der Waals surface area contributed by atoms with Crippen LogP contribution in [-0.2, 0) is 4.79 Å². The molecule has 27 heavy (non-hydrogen) atoms. The molecular weight excluding hydrogens is 402 g/mol. The molecule has 1 amide bonds. The molecule has 1 fully saturated rings. The minimum Gasteiger partial charge on any atom is -0.326 e. The molecule has 0 aromatic heterocycles. The number of nitrogens with zero attached hydrogens (tertiary/aromatic N) is 2. The van der Waals surface area contributed by atoms with Crippen LogP contribution in [0.15, 0.2) is 65.1 Å². The molecule has 0 spiro atoms. The number of anilines is 1. The molecular formula is C22H26BrN3O. The van der Waals surface area contributed by atoms with Gasteiger partial charge in [0.1, 0.15) is 0 Å². The van der Waals surface area contributed by atoms with Gasteiger partial charge in [0.2, 0.25) is 5.91 Å². The average molecular weight is 428 g/mol. The highest BCUT2D eigenvalue weighted by Gasteiger charge is 2.16. The van der Waals surface area contributed by atoms with Crippen LogP contribution in [0.2, 0.25) is 0 Å². The van der Waals surface area contributed by atoms with E-state index in [1.54, 1.807) is 0 Å². The van der Waals surface area contributed by atoms with Crippen LogP contribution < -0.4 is 5.32 Å². The zero-order valence-corrected chi connectivity index (χ0v) is 17.1. The minimum absolute atomic E-state index is 0.0746. The van der Waals surface area contributed by atoms with E-state index in [2.05, 4.69) is 67.5 Å². The fourth-order valence-electron chi connectivity index (χ4n) is 3.11. The van der Waals surface area contributed by atoms with Gasteiger partial charge in [-0.15, -0.1) is 0 Å². The van der Waals surface area contributed by atoms with E-state index >= 15 is 0 Å². The van der Waals surface area contributed by atoms with E-state index in [0.717, 1.165) is 49.4 Å². The lowest BCUT2D eigenvalue weighted by Gasteiger charge is -2.34. The van der Waals surface area contributed by atoms with Crippen molar-refractivity contribution in [3.8, 4) is 0 Å². The van der Waals surface area contributed by atoms with Crippen LogP contribution in [0.1, 0.15) is 12.0 Å². The maximum atomic E-state index is 12.1. The van der Waals surface area contributed by atoms with Gasteiger partial charge in [-0.2, -0.15) is 0 Å². The molecule has 2 aromatic carbocycles. The largest absolute Gasteiger partial charge is 0.326 e. The van der Waals surface area contributed by atoms with Gasteiger partial charge in [-0.1, -0.05) is 58.4 Å². The van der Waals surface area contributed by atoms with Gasteiger partial charge in [-0.3, -0.25) is 9.69 Å². The van der Waals surface area contributed by atoms with Crippen molar-refractivity contribution < 1.29 is 4.79 Å². The topological polar surface area (TPSA) is 35.6 Å². The summed E-state index contributed by atoms with van der Waals surface area (Å²) in [5.41, 5.74) is 2.09. The number of halogens is 1. The fourth-order valence-corrected chi connectivity index (χ4v) is 3.38. The molecule has 1 saturated heterocycles. The van der Waals surface area contributed by atoms with Crippen LogP contribution >= 0.6 is 15.9 Å². The number of carbonyl (C=O) groups excluding carboxylic acids is 1. The number of carbonyl (C=O) groups is 1. The third kappa shape index (κ3) is 6.94. The van der Waals surface area contributed by atoms with Crippen molar-refractivity contribution >= 4 is 33.6 Å². The quantitative estimate of drug-likeness (QED) is 0.721. The van der Waals surface area contributed by atoms with Crippen molar-refractivity contribution in [2.45, 2.75) is 6.42 Å². The zero-order valence-electron chi connectivity index (χ0n) is 15.5. The van der Waals surface area contributed by atoms with E-state index < -0.39 is 0 Å². The van der Waals surface area contributed by atoms with Gasteiger partial charge >= 0.3 is 0 Å². The Labute approximate surface area is 170 Å². The molecule has 1 heterocycles. The second-order valence-corrected chi connectivity index (χ2v) is 7.68. The van der Waals surface area contributed by atoms with Gasteiger partial charge in [0.15, 0.2) is 0 Å². The molecule has 0 bridgehead atoms. The van der Waals surface area contributed by atoms with Gasteiger partial charge in [0.05, 0.1) is 0 Å². The van der Waals surface area contributed by atoms with Gasteiger partial charge in [0.25, 0.3) is 0 Å². The van der Waals surface area contributed by atoms with Crippen molar-refractivity contribution in [1.29, 1.82) is 0 Å². The van der Waals surface area contributed by atoms with Crippen LogP contribution in [0, 0.1) is 0 Å². The smallest absolute Gasteiger partial charge is 0.225 e. The Morgan fingerprint density at radius 2 is 1.63 bits per heavy atom. The molecule has 4 nitrogen and oxygen atoms in total. The number of hydrogen-bond donors (Lipinski definition) is 1. The van der Waals surface area contributed by atoms with Crippen molar-refractivity contribution in [3.63, 3.8) is 0 Å².